The van der Waals surface area contributed by atoms with Crippen LogP contribution in [0, 0.1) is 5.41 Å². The molecule has 1 aromatic carbocycles. The van der Waals surface area contributed by atoms with Crippen LogP contribution in [-0.4, -0.2) is 27.0 Å². The van der Waals surface area contributed by atoms with Gasteiger partial charge in [0.1, 0.15) is 11.3 Å². The number of carbonyl (C=O) groups excluding carboxylic acids is 1. The number of carbonyl (C=O) groups is 1. The molecule has 0 spiro atoms. The van der Waals surface area contributed by atoms with E-state index in [0.29, 0.717) is 6.54 Å². The van der Waals surface area contributed by atoms with Gasteiger partial charge in [0.05, 0.1) is 17.2 Å². The Morgan fingerprint density at radius 1 is 1.15 bits per heavy atom. The van der Waals surface area contributed by atoms with E-state index in [-0.39, 0.29) is 11.3 Å². The lowest BCUT2D eigenvalue weighted by Crippen LogP contribution is -2.35. The number of para-hydroxylation sites is 1. The van der Waals surface area contributed by atoms with Crippen molar-refractivity contribution < 1.29 is 4.79 Å². The Hall–Kier alpha value is -2.43. The van der Waals surface area contributed by atoms with E-state index in [1.807, 2.05) is 39.1 Å². The van der Waals surface area contributed by atoms with Crippen LogP contribution >= 0.6 is 0 Å². The zero-order valence-corrected chi connectivity index (χ0v) is 16.9. The average Bonchev–Trinajstić information content (AvgIpc) is 2.98. The summed E-state index contributed by atoms with van der Waals surface area (Å²) in [4.78, 5) is 21.4. The van der Waals surface area contributed by atoms with Crippen molar-refractivity contribution in [3.63, 3.8) is 0 Å². The van der Waals surface area contributed by atoms with Crippen LogP contribution in [0.15, 0.2) is 30.5 Å². The number of nitrogens with one attached hydrogen (secondary N) is 1. The predicted molar refractivity (Wildman–Crippen MR) is 111 cm³/mol. The van der Waals surface area contributed by atoms with Gasteiger partial charge in [-0.25, -0.2) is 4.98 Å². The molecule has 0 saturated heterocycles. The first kappa shape index (κ1) is 19.3. The van der Waals surface area contributed by atoms with Crippen molar-refractivity contribution in [3.05, 3.63) is 36.3 Å². The third-order valence-corrected chi connectivity index (χ3v) is 4.81. The number of benzene rings is 1. The second-order valence-electron chi connectivity index (χ2n) is 8.15. The van der Waals surface area contributed by atoms with Crippen LogP contribution in [0.25, 0.3) is 21.9 Å². The van der Waals surface area contributed by atoms with Crippen LogP contribution in [0.5, 0.6) is 0 Å². The number of rotatable bonds is 7. The number of hydrogen-bond donors (Lipinski definition) is 1. The molecule has 0 fully saturated rings. The first-order chi connectivity index (χ1) is 12.9. The molecule has 0 atom stereocenters. The van der Waals surface area contributed by atoms with Crippen LogP contribution in [0.3, 0.4) is 0 Å². The van der Waals surface area contributed by atoms with Gasteiger partial charge < -0.3 is 9.88 Å². The summed E-state index contributed by atoms with van der Waals surface area (Å²) in [7, 11) is 0. The molecule has 0 bridgehead atoms. The van der Waals surface area contributed by atoms with Crippen molar-refractivity contribution in [1.29, 1.82) is 0 Å². The van der Waals surface area contributed by atoms with Crippen LogP contribution in [0.1, 0.15) is 52.8 Å². The lowest BCUT2D eigenvalue weighted by Gasteiger charge is -2.17. The lowest BCUT2D eigenvalue weighted by atomic mass is 9.96. The zero-order valence-electron chi connectivity index (χ0n) is 16.9. The molecule has 0 saturated carbocycles. The number of amides is 1. The number of aromatic nitrogens is 3. The summed E-state index contributed by atoms with van der Waals surface area (Å²) in [5.41, 5.74) is 2.83. The Kier molecular flexibility index (Phi) is 5.78. The number of unbranched alkanes of at least 4 members (excludes halogenated alkanes) is 1. The first-order valence-electron chi connectivity index (χ1n) is 9.93. The molecule has 1 amide bonds. The van der Waals surface area contributed by atoms with Crippen molar-refractivity contribution in [3.8, 4) is 0 Å². The maximum absolute atomic E-state index is 12.0. The second-order valence-corrected chi connectivity index (χ2v) is 8.15. The maximum Gasteiger partial charge on any atom is 0.225 e. The largest absolute Gasteiger partial charge is 0.356 e. The minimum absolute atomic E-state index is 0.110. The molecule has 5 heteroatoms. The number of fused-ring (bicyclic) bond motifs is 3. The van der Waals surface area contributed by atoms with E-state index in [1.54, 1.807) is 0 Å². The van der Waals surface area contributed by atoms with Crippen molar-refractivity contribution in [2.24, 2.45) is 5.41 Å². The molecular weight excluding hydrogens is 336 g/mol. The third kappa shape index (κ3) is 4.29. The van der Waals surface area contributed by atoms with Gasteiger partial charge in [-0.2, -0.15) is 0 Å². The summed E-state index contributed by atoms with van der Waals surface area (Å²) in [6, 6.07) is 8.25. The Morgan fingerprint density at radius 2 is 1.93 bits per heavy atom. The van der Waals surface area contributed by atoms with E-state index in [0.717, 1.165) is 54.5 Å². The summed E-state index contributed by atoms with van der Waals surface area (Å²) < 4.78 is 2.36. The summed E-state index contributed by atoms with van der Waals surface area (Å²) in [5, 5.41) is 4.19. The van der Waals surface area contributed by atoms with Gasteiger partial charge in [0.25, 0.3) is 0 Å². The maximum atomic E-state index is 12.0. The molecule has 0 radical (unpaired) electrons. The molecule has 27 heavy (non-hydrogen) atoms. The number of nitrogens with zero attached hydrogens (tertiary/aromatic N) is 3. The highest BCUT2D eigenvalue weighted by Crippen LogP contribution is 2.25. The number of hydrogen-bond acceptors (Lipinski definition) is 3. The molecule has 0 aliphatic carbocycles. The Morgan fingerprint density at radius 3 is 2.67 bits per heavy atom. The highest BCUT2D eigenvalue weighted by Gasteiger charge is 2.20. The third-order valence-electron chi connectivity index (χ3n) is 4.81. The van der Waals surface area contributed by atoms with Crippen molar-refractivity contribution >= 4 is 27.8 Å². The van der Waals surface area contributed by atoms with E-state index in [1.165, 1.54) is 5.52 Å². The fourth-order valence-corrected chi connectivity index (χ4v) is 3.33. The van der Waals surface area contributed by atoms with Crippen LogP contribution in [-0.2, 0) is 17.8 Å². The minimum atomic E-state index is -0.333. The smallest absolute Gasteiger partial charge is 0.225 e. The minimum Gasteiger partial charge on any atom is -0.356 e. The highest BCUT2D eigenvalue weighted by molar-refractivity contribution is 6.02. The normalized spacial score (nSPS) is 12.0. The molecule has 3 rings (SSSR count). The van der Waals surface area contributed by atoms with Crippen molar-refractivity contribution in [2.75, 3.05) is 6.54 Å². The van der Waals surface area contributed by atoms with Crippen LogP contribution in [0.4, 0.5) is 0 Å². The molecule has 144 valence electrons. The van der Waals surface area contributed by atoms with Gasteiger partial charge in [-0.15, -0.1) is 0 Å². The van der Waals surface area contributed by atoms with Gasteiger partial charge in [0, 0.05) is 30.3 Å². The molecule has 0 aliphatic heterocycles. The first-order valence-corrected chi connectivity index (χ1v) is 9.93. The molecule has 5 nitrogen and oxygen atoms in total. The van der Waals surface area contributed by atoms with E-state index >= 15 is 0 Å². The van der Waals surface area contributed by atoms with Crippen molar-refractivity contribution in [1.82, 2.24) is 19.9 Å². The van der Waals surface area contributed by atoms with Gasteiger partial charge in [0.2, 0.25) is 5.91 Å². The summed E-state index contributed by atoms with van der Waals surface area (Å²) in [6.45, 7) is 9.63. The molecule has 2 heterocycles. The van der Waals surface area contributed by atoms with Crippen molar-refractivity contribution in [2.45, 2.75) is 59.9 Å². The molecule has 3 aromatic rings. The van der Waals surface area contributed by atoms with Crippen LogP contribution < -0.4 is 5.32 Å². The predicted octanol–water partition coefficient (Wildman–Crippen LogP) is 4.48. The number of aryl methyl sites for hydroxylation is 2. The SMILES string of the molecule is CCCc1nc2cnc3ccccc3c2n1CCCCNC(=O)C(C)(C)C. The standard InChI is InChI=1S/C22H30N4O/c1-5-10-19-25-18-15-24-17-12-7-6-11-16(17)20(18)26(19)14-9-8-13-23-21(27)22(2,3)4/h6-7,11-12,15H,5,8-10,13-14H2,1-4H3,(H,23,27). The fourth-order valence-electron chi connectivity index (χ4n) is 3.33. The molecule has 2 aromatic heterocycles. The lowest BCUT2D eigenvalue weighted by molar-refractivity contribution is -0.128. The molecule has 1 N–H and O–H groups in total. The summed E-state index contributed by atoms with van der Waals surface area (Å²) in [6.07, 6.45) is 5.87. The number of imidazole rings is 1. The van der Waals surface area contributed by atoms with Gasteiger partial charge in [-0.05, 0) is 25.3 Å². The Labute approximate surface area is 161 Å². The van der Waals surface area contributed by atoms with Crippen LogP contribution in [0.2, 0.25) is 0 Å². The molecule has 0 unspecified atom stereocenters. The second kappa shape index (κ2) is 8.07. The molecule has 0 aliphatic rings. The average molecular weight is 367 g/mol. The highest BCUT2D eigenvalue weighted by atomic mass is 16.2. The van der Waals surface area contributed by atoms with Gasteiger partial charge in [-0.1, -0.05) is 45.9 Å². The summed E-state index contributed by atoms with van der Waals surface area (Å²) in [5.74, 6) is 1.24. The van der Waals surface area contributed by atoms with E-state index in [4.69, 9.17) is 4.98 Å². The van der Waals surface area contributed by atoms with E-state index in [2.05, 4.69) is 33.9 Å². The van der Waals surface area contributed by atoms with Gasteiger partial charge in [0.15, 0.2) is 0 Å². The molecular formula is C22H30N4O. The Bertz CT molecular complexity index is 937. The van der Waals surface area contributed by atoms with E-state index in [9.17, 15) is 4.79 Å². The van der Waals surface area contributed by atoms with Gasteiger partial charge >= 0.3 is 0 Å². The Balaban J connectivity index is 1.77. The monoisotopic (exact) mass is 366 g/mol. The zero-order chi connectivity index (χ0) is 19.4. The number of pyridine rings is 1. The van der Waals surface area contributed by atoms with E-state index < -0.39 is 0 Å². The fraction of sp³-hybridized carbons (Fsp3) is 0.500. The summed E-state index contributed by atoms with van der Waals surface area (Å²) >= 11 is 0. The topological polar surface area (TPSA) is 59.8 Å². The van der Waals surface area contributed by atoms with Gasteiger partial charge in [-0.3, -0.25) is 9.78 Å². The quantitative estimate of drug-likeness (QED) is 0.627.